The molecule has 4 saturated carbocycles. The average molecular weight is 589 g/mol. The zero-order chi connectivity index (χ0) is 31.5. The summed E-state index contributed by atoms with van der Waals surface area (Å²) < 4.78 is 0. The van der Waals surface area contributed by atoms with Gasteiger partial charge in [0.05, 0.1) is 0 Å². The van der Waals surface area contributed by atoms with Crippen molar-refractivity contribution in [2.45, 2.75) is 236 Å². The Bertz CT molecular complexity index is 614. The second-order valence-corrected chi connectivity index (χ2v) is 18.2. The zero-order valence-corrected chi connectivity index (χ0v) is 31.5. The first-order valence-corrected chi connectivity index (χ1v) is 19.8. The highest BCUT2D eigenvalue weighted by Crippen LogP contribution is 2.43. The summed E-state index contributed by atoms with van der Waals surface area (Å²) in [5.74, 6) is 1.78. The van der Waals surface area contributed by atoms with E-state index in [1.54, 1.807) is 0 Å². The van der Waals surface area contributed by atoms with Crippen molar-refractivity contribution in [3.05, 3.63) is 0 Å². The summed E-state index contributed by atoms with van der Waals surface area (Å²) in [6, 6.07) is 0. The van der Waals surface area contributed by atoms with Gasteiger partial charge in [-0.05, 0) is 111 Å². The summed E-state index contributed by atoms with van der Waals surface area (Å²) in [6.45, 7) is 23.8. The fourth-order valence-electron chi connectivity index (χ4n) is 9.35. The van der Waals surface area contributed by atoms with E-state index in [-0.39, 0.29) is 0 Å². The highest BCUT2D eigenvalue weighted by molar-refractivity contribution is 4.82. The van der Waals surface area contributed by atoms with Crippen molar-refractivity contribution in [3.8, 4) is 0 Å². The van der Waals surface area contributed by atoms with Gasteiger partial charge in [-0.1, -0.05) is 159 Å². The molecule has 0 nitrogen and oxygen atoms in total. The molecular weight excluding hydrogens is 504 g/mol. The molecule has 0 N–H and O–H groups in total. The Morgan fingerprint density at radius 3 is 0.857 bits per heavy atom. The fourth-order valence-corrected chi connectivity index (χ4v) is 9.35. The van der Waals surface area contributed by atoms with Crippen LogP contribution in [0.25, 0.3) is 0 Å². The standard InChI is InChI=1S/2C11H22.2C10H20/c1-10(2)9-11(3)7-5-4-6-8-11;1-3-4-8-11(2)9-6-5-7-10-11;1-9(2)8-10(3)6-4-5-7-10;1-3-4-7-10(2)8-5-6-9-10/h10H,4-9H2,1-3H3;3-10H2,1-2H3;9H,4-8H2,1-3H3;3-9H2,1-2H3. The Morgan fingerprint density at radius 2 is 0.619 bits per heavy atom. The SMILES string of the molecule is CC(C)CC1(C)CCCC1.CC(C)CC1(C)CCCCC1.CCCCC1(C)CCCC1.CCCCC1(C)CCCCC1. The highest BCUT2D eigenvalue weighted by Gasteiger charge is 2.29. The summed E-state index contributed by atoms with van der Waals surface area (Å²) in [6.07, 6.45) is 38.1. The lowest BCUT2D eigenvalue weighted by Crippen LogP contribution is -2.21. The van der Waals surface area contributed by atoms with Gasteiger partial charge in [0.15, 0.2) is 0 Å². The third kappa shape index (κ3) is 18.1. The van der Waals surface area contributed by atoms with E-state index in [9.17, 15) is 0 Å². The van der Waals surface area contributed by atoms with E-state index in [0.29, 0.717) is 10.8 Å². The second-order valence-electron chi connectivity index (χ2n) is 18.2. The first kappa shape index (κ1) is 40.0. The van der Waals surface area contributed by atoms with Crippen LogP contribution in [0.4, 0.5) is 0 Å². The molecule has 0 aliphatic heterocycles. The molecule has 0 aromatic rings. The molecule has 0 aromatic heterocycles. The molecule has 4 aliphatic rings. The van der Waals surface area contributed by atoms with Gasteiger partial charge in [-0.25, -0.2) is 0 Å². The Balaban J connectivity index is 0.000000280. The van der Waals surface area contributed by atoms with Gasteiger partial charge < -0.3 is 0 Å². The smallest absolute Gasteiger partial charge is 0.0323 e. The molecule has 0 heterocycles. The molecule has 252 valence electrons. The Labute approximate surface area is 269 Å². The molecule has 0 atom stereocenters. The van der Waals surface area contributed by atoms with E-state index in [1.165, 1.54) is 167 Å². The van der Waals surface area contributed by atoms with Crippen LogP contribution in [0.5, 0.6) is 0 Å². The summed E-state index contributed by atoms with van der Waals surface area (Å²) in [5, 5.41) is 0. The Hall–Kier alpha value is 0. The van der Waals surface area contributed by atoms with Crippen LogP contribution >= 0.6 is 0 Å². The summed E-state index contributed by atoms with van der Waals surface area (Å²) in [4.78, 5) is 0. The third-order valence-electron chi connectivity index (χ3n) is 11.8. The molecule has 0 radical (unpaired) electrons. The van der Waals surface area contributed by atoms with Gasteiger partial charge in [0, 0.05) is 0 Å². The number of unbranched alkanes of at least 4 members (excludes halogenated alkanes) is 2. The highest BCUT2D eigenvalue weighted by atomic mass is 14.4. The lowest BCUT2D eigenvalue weighted by atomic mass is 9.71. The molecule has 0 spiro atoms. The van der Waals surface area contributed by atoms with Crippen LogP contribution < -0.4 is 0 Å². The quantitative estimate of drug-likeness (QED) is 0.238. The molecule has 0 amide bonds. The van der Waals surface area contributed by atoms with Gasteiger partial charge >= 0.3 is 0 Å². The second kappa shape index (κ2) is 20.9. The molecule has 0 bridgehead atoms. The molecule has 4 aliphatic carbocycles. The Kier molecular flexibility index (Phi) is 19.9. The van der Waals surface area contributed by atoms with Gasteiger partial charge in [0.2, 0.25) is 0 Å². The Morgan fingerprint density at radius 1 is 0.381 bits per heavy atom. The fraction of sp³-hybridized carbons (Fsp3) is 1.00. The zero-order valence-electron chi connectivity index (χ0n) is 31.5. The van der Waals surface area contributed by atoms with Crippen LogP contribution in [0.3, 0.4) is 0 Å². The maximum Gasteiger partial charge on any atom is -0.0323 e. The molecule has 0 saturated heterocycles. The summed E-state index contributed by atoms with van der Waals surface area (Å²) in [7, 11) is 0. The van der Waals surface area contributed by atoms with E-state index in [0.717, 1.165) is 22.7 Å². The maximum atomic E-state index is 2.49. The molecular formula is C42H84. The van der Waals surface area contributed by atoms with Crippen LogP contribution in [0.2, 0.25) is 0 Å². The van der Waals surface area contributed by atoms with Crippen LogP contribution in [0.1, 0.15) is 236 Å². The number of hydrogen-bond acceptors (Lipinski definition) is 0. The van der Waals surface area contributed by atoms with E-state index < -0.39 is 0 Å². The van der Waals surface area contributed by atoms with Crippen molar-refractivity contribution in [2.75, 3.05) is 0 Å². The minimum absolute atomic E-state index is 0.701. The minimum atomic E-state index is 0.701. The molecule has 4 rings (SSSR count). The van der Waals surface area contributed by atoms with Crippen molar-refractivity contribution < 1.29 is 0 Å². The van der Waals surface area contributed by atoms with Gasteiger partial charge in [-0.15, -0.1) is 0 Å². The van der Waals surface area contributed by atoms with Gasteiger partial charge in [-0.3, -0.25) is 0 Å². The maximum absolute atomic E-state index is 2.49. The van der Waals surface area contributed by atoms with Crippen LogP contribution in [0, 0.1) is 33.5 Å². The summed E-state index contributed by atoms with van der Waals surface area (Å²) in [5.41, 5.74) is 2.89. The largest absolute Gasteiger partial charge is 0.0654 e. The molecule has 0 aromatic carbocycles. The lowest BCUT2D eigenvalue weighted by molar-refractivity contribution is 0.175. The van der Waals surface area contributed by atoms with Crippen molar-refractivity contribution in [3.63, 3.8) is 0 Å². The monoisotopic (exact) mass is 589 g/mol. The predicted octanol–water partition coefficient (Wildman–Crippen LogP) is 15.5. The lowest BCUT2D eigenvalue weighted by Gasteiger charge is -2.35. The van der Waals surface area contributed by atoms with Gasteiger partial charge in [0.1, 0.15) is 0 Å². The van der Waals surface area contributed by atoms with Crippen molar-refractivity contribution in [2.24, 2.45) is 33.5 Å². The first-order chi connectivity index (χ1) is 19.8. The molecule has 42 heavy (non-hydrogen) atoms. The van der Waals surface area contributed by atoms with Crippen LogP contribution in [-0.2, 0) is 0 Å². The van der Waals surface area contributed by atoms with Crippen molar-refractivity contribution in [1.82, 2.24) is 0 Å². The van der Waals surface area contributed by atoms with Crippen molar-refractivity contribution in [1.29, 1.82) is 0 Å². The van der Waals surface area contributed by atoms with Gasteiger partial charge in [0.25, 0.3) is 0 Å². The predicted molar refractivity (Wildman–Crippen MR) is 193 cm³/mol. The molecule has 0 heteroatoms. The topological polar surface area (TPSA) is 0 Å². The average Bonchev–Trinajstić information content (AvgIpc) is 3.55. The molecule has 0 unspecified atom stereocenters. The van der Waals surface area contributed by atoms with E-state index in [1.807, 2.05) is 0 Å². The van der Waals surface area contributed by atoms with E-state index in [4.69, 9.17) is 0 Å². The third-order valence-corrected chi connectivity index (χ3v) is 11.8. The van der Waals surface area contributed by atoms with Crippen LogP contribution in [-0.4, -0.2) is 0 Å². The number of rotatable bonds is 10. The summed E-state index contributed by atoms with van der Waals surface area (Å²) >= 11 is 0. The molecule has 4 fully saturated rings. The van der Waals surface area contributed by atoms with Gasteiger partial charge in [-0.2, -0.15) is 0 Å². The minimum Gasteiger partial charge on any atom is -0.0654 e. The van der Waals surface area contributed by atoms with E-state index >= 15 is 0 Å². The van der Waals surface area contributed by atoms with E-state index in [2.05, 4.69) is 69.2 Å². The normalized spacial score (nSPS) is 23.7. The van der Waals surface area contributed by atoms with Crippen molar-refractivity contribution >= 4 is 0 Å². The first-order valence-electron chi connectivity index (χ1n) is 19.8. The number of hydrogen-bond donors (Lipinski definition) is 0. The van der Waals surface area contributed by atoms with Crippen LogP contribution in [0.15, 0.2) is 0 Å².